The Bertz CT molecular complexity index is 599. The number of hydrogen-bond donors (Lipinski definition) is 1. The summed E-state index contributed by atoms with van der Waals surface area (Å²) in [6, 6.07) is 0. The fourth-order valence-corrected chi connectivity index (χ4v) is 5.99. The van der Waals surface area contributed by atoms with E-state index in [1.165, 1.54) is 0 Å². The number of ether oxygens (including phenoxy) is 3. The lowest BCUT2D eigenvalue weighted by molar-refractivity contribution is -0.144. The molecule has 2 heterocycles. The fourth-order valence-electron chi connectivity index (χ4n) is 4.26. The van der Waals surface area contributed by atoms with Gasteiger partial charge in [-0.15, -0.1) is 6.58 Å². The van der Waals surface area contributed by atoms with Gasteiger partial charge in [0.2, 0.25) is 0 Å². The second-order valence-electron chi connectivity index (χ2n) is 11.8. The average Bonchev–Trinajstić information content (AvgIpc) is 3.14. The molecular formula is C24H46O5Si. The summed E-state index contributed by atoms with van der Waals surface area (Å²) < 4.78 is 24.9. The van der Waals surface area contributed by atoms with Gasteiger partial charge < -0.3 is 23.7 Å². The molecule has 0 amide bonds. The Balaban J connectivity index is 2.08. The first-order valence-electron chi connectivity index (χ1n) is 11.5. The first-order chi connectivity index (χ1) is 13.5. The lowest BCUT2D eigenvalue weighted by Crippen LogP contribution is -2.50. The number of aliphatic hydroxyl groups excluding tert-OH is 1. The number of rotatable bonds is 9. The van der Waals surface area contributed by atoms with Crippen LogP contribution in [0, 0.1) is 0 Å². The maximum absolute atomic E-state index is 10.9. The van der Waals surface area contributed by atoms with Gasteiger partial charge >= 0.3 is 0 Å². The smallest absolute Gasteiger partial charge is 0.192 e. The van der Waals surface area contributed by atoms with Crippen LogP contribution in [0.5, 0.6) is 0 Å². The van der Waals surface area contributed by atoms with Crippen LogP contribution in [0.1, 0.15) is 80.6 Å². The van der Waals surface area contributed by atoms with Crippen LogP contribution in [0.25, 0.3) is 0 Å². The molecule has 5 atom stereocenters. The molecule has 1 N–H and O–H groups in total. The van der Waals surface area contributed by atoms with Crippen LogP contribution in [0.4, 0.5) is 0 Å². The van der Waals surface area contributed by atoms with E-state index in [2.05, 4.69) is 47.4 Å². The summed E-state index contributed by atoms with van der Waals surface area (Å²) in [7, 11) is -2.00. The third kappa shape index (κ3) is 6.63. The van der Waals surface area contributed by atoms with E-state index >= 15 is 0 Å². The Hall–Kier alpha value is -0.243. The van der Waals surface area contributed by atoms with Crippen LogP contribution in [-0.2, 0) is 18.6 Å². The number of aliphatic hydroxyl groups is 1. The second kappa shape index (κ2) is 8.95. The molecule has 0 unspecified atom stereocenters. The molecule has 0 aliphatic carbocycles. The summed E-state index contributed by atoms with van der Waals surface area (Å²) in [6.07, 6.45) is 5.11. The van der Waals surface area contributed by atoms with Crippen molar-refractivity contribution in [3.05, 3.63) is 12.7 Å². The van der Waals surface area contributed by atoms with Crippen LogP contribution in [0.2, 0.25) is 18.1 Å². The molecule has 0 spiro atoms. The average molecular weight is 443 g/mol. The van der Waals surface area contributed by atoms with E-state index in [-0.39, 0.29) is 22.8 Å². The van der Waals surface area contributed by atoms with E-state index in [1.807, 2.05) is 26.8 Å². The Labute approximate surface area is 185 Å². The first kappa shape index (κ1) is 26.0. The quantitative estimate of drug-likeness (QED) is 0.373. The molecule has 0 saturated carbocycles. The molecule has 0 radical (unpaired) electrons. The molecule has 176 valence electrons. The molecule has 2 aliphatic rings. The SMILES string of the molecule is C=C[C@@]1(C)CC[C@H]([C@@H](O)CC[C@@](C)(C[C@@H]2COC(C)(C)O2)O[Si](C)(C)C(C)(C)C)O1. The maximum atomic E-state index is 10.9. The van der Waals surface area contributed by atoms with Crippen molar-refractivity contribution in [2.75, 3.05) is 6.61 Å². The lowest BCUT2D eigenvalue weighted by Gasteiger charge is -2.45. The van der Waals surface area contributed by atoms with E-state index in [0.717, 1.165) is 25.7 Å². The first-order valence-corrected chi connectivity index (χ1v) is 14.4. The highest BCUT2D eigenvalue weighted by molar-refractivity contribution is 6.74. The van der Waals surface area contributed by atoms with E-state index in [1.54, 1.807) is 0 Å². The normalized spacial score (nSPS) is 32.7. The van der Waals surface area contributed by atoms with Gasteiger partial charge in [-0.2, -0.15) is 0 Å². The number of hydrogen-bond acceptors (Lipinski definition) is 5. The summed E-state index contributed by atoms with van der Waals surface area (Å²) in [4.78, 5) is 0. The lowest BCUT2D eigenvalue weighted by atomic mass is 9.90. The zero-order valence-electron chi connectivity index (χ0n) is 20.8. The van der Waals surface area contributed by atoms with Crippen LogP contribution in [0.15, 0.2) is 12.7 Å². The van der Waals surface area contributed by atoms with E-state index in [4.69, 9.17) is 18.6 Å². The molecule has 2 fully saturated rings. The minimum Gasteiger partial charge on any atom is -0.412 e. The maximum Gasteiger partial charge on any atom is 0.192 e. The van der Waals surface area contributed by atoms with Gasteiger partial charge in [0.1, 0.15) is 0 Å². The van der Waals surface area contributed by atoms with Gasteiger partial charge in [0.05, 0.1) is 36.1 Å². The molecule has 2 rings (SSSR count). The standard InChI is InChI=1S/C24H46O5Si/c1-11-23(7)15-13-20(28-23)19(25)12-14-24(8,29-30(9,10)21(2,3)4)16-18-17-26-22(5,6)27-18/h11,18-20,25H,1,12-17H2,2-10H3/t18-,19+,20-,23+,24+/m1/s1. The van der Waals surface area contributed by atoms with Crippen molar-refractivity contribution in [3.8, 4) is 0 Å². The van der Waals surface area contributed by atoms with Crippen LogP contribution in [0.3, 0.4) is 0 Å². The minimum absolute atomic E-state index is 0.00120. The molecule has 0 aromatic rings. The summed E-state index contributed by atoms with van der Waals surface area (Å²) in [5.41, 5.74) is -0.716. The summed E-state index contributed by atoms with van der Waals surface area (Å²) in [5, 5.41) is 11.0. The van der Waals surface area contributed by atoms with Crippen molar-refractivity contribution in [1.82, 2.24) is 0 Å². The van der Waals surface area contributed by atoms with Gasteiger partial charge in [-0.05, 0) is 71.5 Å². The largest absolute Gasteiger partial charge is 0.412 e. The molecule has 0 aromatic carbocycles. The van der Waals surface area contributed by atoms with Crippen molar-refractivity contribution in [3.63, 3.8) is 0 Å². The van der Waals surface area contributed by atoms with Gasteiger partial charge in [-0.3, -0.25) is 0 Å². The fraction of sp³-hybridized carbons (Fsp3) is 0.917. The van der Waals surface area contributed by atoms with Crippen LogP contribution in [-0.4, -0.2) is 55.3 Å². The molecule has 2 saturated heterocycles. The third-order valence-corrected chi connectivity index (χ3v) is 11.8. The molecule has 0 bridgehead atoms. The van der Waals surface area contributed by atoms with Gasteiger partial charge in [-0.1, -0.05) is 26.8 Å². The monoisotopic (exact) mass is 442 g/mol. The predicted octanol–water partition coefficient (Wildman–Crippen LogP) is 5.57. The van der Waals surface area contributed by atoms with Crippen molar-refractivity contribution < 1.29 is 23.7 Å². The topological polar surface area (TPSA) is 57.2 Å². The summed E-state index contributed by atoms with van der Waals surface area (Å²) >= 11 is 0. The Morgan fingerprint density at radius 2 is 1.83 bits per heavy atom. The van der Waals surface area contributed by atoms with Gasteiger partial charge in [0.25, 0.3) is 0 Å². The Kier molecular flexibility index (Phi) is 7.76. The summed E-state index contributed by atoms with van der Waals surface area (Å²) in [6.45, 7) is 23.9. The van der Waals surface area contributed by atoms with Gasteiger partial charge in [0, 0.05) is 6.42 Å². The van der Waals surface area contributed by atoms with E-state index in [9.17, 15) is 5.11 Å². The van der Waals surface area contributed by atoms with Crippen LogP contribution < -0.4 is 0 Å². The predicted molar refractivity (Wildman–Crippen MR) is 124 cm³/mol. The minimum atomic E-state index is -2.00. The second-order valence-corrected chi connectivity index (χ2v) is 16.5. The molecule has 30 heavy (non-hydrogen) atoms. The zero-order valence-corrected chi connectivity index (χ0v) is 21.8. The molecule has 0 aromatic heterocycles. The molecule has 2 aliphatic heterocycles. The van der Waals surface area contributed by atoms with Crippen LogP contribution >= 0.6 is 0 Å². The van der Waals surface area contributed by atoms with E-state index < -0.39 is 25.8 Å². The van der Waals surface area contributed by atoms with Gasteiger partial charge in [0.15, 0.2) is 14.1 Å². The van der Waals surface area contributed by atoms with Crippen molar-refractivity contribution in [2.45, 2.75) is 134 Å². The van der Waals surface area contributed by atoms with Crippen molar-refractivity contribution in [1.29, 1.82) is 0 Å². The zero-order chi connectivity index (χ0) is 23.0. The third-order valence-electron chi connectivity index (χ3n) is 7.21. The highest BCUT2D eigenvalue weighted by Crippen LogP contribution is 2.43. The van der Waals surface area contributed by atoms with Gasteiger partial charge in [-0.25, -0.2) is 0 Å². The Morgan fingerprint density at radius 1 is 1.20 bits per heavy atom. The molecular weight excluding hydrogens is 396 g/mol. The summed E-state index contributed by atoms with van der Waals surface area (Å²) in [5.74, 6) is -0.547. The molecule has 5 nitrogen and oxygen atoms in total. The highest BCUT2D eigenvalue weighted by Gasteiger charge is 2.46. The highest BCUT2D eigenvalue weighted by atomic mass is 28.4. The van der Waals surface area contributed by atoms with Crippen molar-refractivity contribution in [2.24, 2.45) is 0 Å². The van der Waals surface area contributed by atoms with E-state index in [0.29, 0.717) is 13.0 Å². The Morgan fingerprint density at radius 3 is 2.30 bits per heavy atom. The van der Waals surface area contributed by atoms with Crippen molar-refractivity contribution >= 4 is 8.32 Å². The molecule has 6 heteroatoms.